The van der Waals surface area contributed by atoms with Crippen LogP contribution >= 0.6 is 22.6 Å². The molecule has 1 rings (SSSR count). The van der Waals surface area contributed by atoms with E-state index in [2.05, 4.69) is 0 Å². The molecule has 0 atom stereocenters. The lowest BCUT2D eigenvalue weighted by Crippen LogP contribution is -2.19. The summed E-state index contributed by atoms with van der Waals surface area (Å²) in [6.07, 6.45) is 1.09. The van der Waals surface area contributed by atoms with Crippen molar-refractivity contribution in [3.63, 3.8) is 0 Å². The smallest absolute Gasteiger partial charge is 0.132 e. The molecule has 0 heterocycles. The summed E-state index contributed by atoms with van der Waals surface area (Å²) in [5.41, 5.74) is 1.35. The first-order chi connectivity index (χ1) is 7.65. The van der Waals surface area contributed by atoms with Gasteiger partial charge in [-0.25, -0.2) is 0 Å². The van der Waals surface area contributed by atoms with Gasteiger partial charge < -0.3 is 15.3 Å². The second-order valence-electron chi connectivity index (χ2n) is 5.05. The predicted octanol–water partition coefficient (Wildman–Crippen LogP) is 3.02. The Morgan fingerprint density at radius 1 is 1.06 bits per heavy atom. The third kappa shape index (κ3) is 3.25. The normalized spacial score (nSPS) is 11.9. The van der Waals surface area contributed by atoms with Gasteiger partial charge in [-0.05, 0) is 68.7 Å². The Morgan fingerprint density at radius 2 is 1.59 bits per heavy atom. The van der Waals surface area contributed by atoms with Gasteiger partial charge in [-0.15, -0.1) is 0 Å². The summed E-state index contributed by atoms with van der Waals surface area (Å²) in [6, 6.07) is 0. The highest BCUT2D eigenvalue weighted by Crippen LogP contribution is 2.38. The maximum Gasteiger partial charge on any atom is 0.132 e. The first-order valence-corrected chi connectivity index (χ1v) is 6.65. The maximum absolute atomic E-state index is 10.1. The summed E-state index contributed by atoms with van der Waals surface area (Å²) >= 11 is 2.02. The quantitative estimate of drug-likeness (QED) is 0.580. The van der Waals surface area contributed by atoms with Crippen LogP contribution in [0.25, 0.3) is 0 Å². The summed E-state index contributed by atoms with van der Waals surface area (Å²) in [5.74, 6) is 0.459. The van der Waals surface area contributed by atoms with Gasteiger partial charge in [-0.1, -0.05) is 0 Å². The van der Waals surface area contributed by atoms with Gasteiger partial charge in [-0.3, -0.25) is 0 Å². The zero-order valence-corrected chi connectivity index (χ0v) is 12.8. The molecule has 0 saturated carbocycles. The fourth-order valence-electron chi connectivity index (χ4n) is 1.75. The molecule has 4 heteroatoms. The number of halogens is 1. The third-order valence-corrected chi connectivity index (χ3v) is 4.29. The molecular weight excluding hydrogens is 331 g/mol. The van der Waals surface area contributed by atoms with E-state index in [0.717, 1.165) is 5.56 Å². The average Bonchev–Trinajstić information content (AvgIpc) is 2.22. The third-order valence-electron chi connectivity index (χ3n) is 2.97. The summed E-state index contributed by atoms with van der Waals surface area (Å²) in [7, 11) is 0. The predicted molar refractivity (Wildman–Crippen MR) is 76.6 cm³/mol. The van der Waals surface area contributed by atoms with Gasteiger partial charge in [0.05, 0.1) is 9.17 Å². The summed E-state index contributed by atoms with van der Waals surface area (Å²) in [4.78, 5) is 0. The van der Waals surface area contributed by atoms with E-state index in [1.165, 1.54) is 0 Å². The zero-order valence-electron chi connectivity index (χ0n) is 10.6. The summed E-state index contributed by atoms with van der Waals surface area (Å²) in [6.45, 7) is 7.04. The van der Waals surface area contributed by atoms with Crippen molar-refractivity contribution in [3.05, 3.63) is 20.3 Å². The Balaban J connectivity index is 3.16. The molecule has 1 aromatic carbocycles. The van der Waals surface area contributed by atoms with Crippen LogP contribution in [0.15, 0.2) is 0 Å². The molecule has 3 N–H and O–H groups in total. The maximum atomic E-state index is 10.1. The molecule has 0 aliphatic carbocycles. The molecule has 96 valence electrons. The highest BCUT2D eigenvalue weighted by molar-refractivity contribution is 14.1. The van der Waals surface area contributed by atoms with Crippen LogP contribution in [0.4, 0.5) is 0 Å². The van der Waals surface area contributed by atoms with E-state index in [1.807, 2.05) is 22.6 Å². The van der Waals surface area contributed by atoms with Crippen LogP contribution in [0.1, 0.15) is 37.0 Å². The van der Waals surface area contributed by atoms with Gasteiger partial charge in [0.25, 0.3) is 0 Å². The van der Waals surface area contributed by atoms with Crippen molar-refractivity contribution in [2.45, 2.75) is 46.1 Å². The Morgan fingerprint density at radius 3 is 2.06 bits per heavy atom. The van der Waals surface area contributed by atoms with Gasteiger partial charge in [-0.2, -0.15) is 0 Å². The first kappa shape index (κ1) is 14.6. The molecule has 0 fully saturated rings. The van der Waals surface area contributed by atoms with Crippen molar-refractivity contribution >= 4 is 22.6 Å². The average molecular weight is 350 g/mol. The first-order valence-electron chi connectivity index (χ1n) is 5.57. The monoisotopic (exact) mass is 350 g/mol. The van der Waals surface area contributed by atoms with E-state index in [1.54, 1.807) is 27.7 Å². The lowest BCUT2D eigenvalue weighted by molar-refractivity contribution is 0.0712. The molecule has 17 heavy (non-hydrogen) atoms. The van der Waals surface area contributed by atoms with Gasteiger partial charge in [0, 0.05) is 11.1 Å². The van der Waals surface area contributed by atoms with Crippen LogP contribution in [0, 0.1) is 17.4 Å². The van der Waals surface area contributed by atoms with Crippen molar-refractivity contribution in [2.75, 3.05) is 0 Å². The van der Waals surface area contributed by atoms with Crippen molar-refractivity contribution in [2.24, 2.45) is 0 Å². The largest absolute Gasteiger partial charge is 0.507 e. The molecule has 3 nitrogen and oxygen atoms in total. The van der Waals surface area contributed by atoms with E-state index in [9.17, 15) is 15.3 Å². The van der Waals surface area contributed by atoms with Crippen molar-refractivity contribution in [3.8, 4) is 11.5 Å². The SMILES string of the molecule is Cc1c(O)c(C)c(CCC(C)(C)O)c(O)c1I. The number of aromatic hydroxyl groups is 2. The highest BCUT2D eigenvalue weighted by atomic mass is 127. The molecule has 0 amide bonds. The molecule has 0 aromatic heterocycles. The molecule has 0 spiro atoms. The topological polar surface area (TPSA) is 60.7 Å². The lowest BCUT2D eigenvalue weighted by atomic mass is 9.94. The Bertz CT molecular complexity index is 404. The second-order valence-corrected chi connectivity index (χ2v) is 6.13. The standard InChI is InChI=1S/C13H19IO3/c1-7-9(5-6-13(3,4)17)12(16)10(14)8(2)11(7)15/h15-17H,5-6H2,1-4H3. The lowest BCUT2D eigenvalue weighted by Gasteiger charge is -2.20. The Labute approximate surface area is 116 Å². The van der Waals surface area contributed by atoms with E-state index < -0.39 is 5.60 Å². The molecule has 0 aliphatic rings. The zero-order chi connectivity index (χ0) is 13.4. The Hall–Kier alpha value is -0.490. The van der Waals surface area contributed by atoms with Gasteiger partial charge in [0.1, 0.15) is 11.5 Å². The number of aliphatic hydroxyl groups is 1. The van der Waals surface area contributed by atoms with Crippen LogP contribution < -0.4 is 0 Å². The van der Waals surface area contributed by atoms with Crippen LogP contribution in [0.5, 0.6) is 11.5 Å². The minimum absolute atomic E-state index is 0.225. The van der Waals surface area contributed by atoms with Crippen LogP contribution in [0.3, 0.4) is 0 Å². The van der Waals surface area contributed by atoms with Crippen LogP contribution in [-0.4, -0.2) is 20.9 Å². The van der Waals surface area contributed by atoms with Crippen LogP contribution in [-0.2, 0) is 6.42 Å². The number of hydrogen-bond acceptors (Lipinski definition) is 3. The molecule has 0 radical (unpaired) electrons. The van der Waals surface area contributed by atoms with Crippen molar-refractivity contribution in [1.29, 1.82) is 0 Å². The second kappa shape index (κ2) is 5.02. The van der Waals surface area contributed by atoms with E-state index in [-0.39, 0.29) is 11.5 Å². The van der Waals surface area contributed by atoms with E-state index >= 15 is 0 Å². The van der Waals surface area contributed by atoms with E-state index in [0.29, 0.717) is 27.5 Å². The molecule has 0 bridgehead atoms. The number of rotatable bonds is 3. The number of phenols is 2. The van der Waals surface area contributed by atoms with E-state index in [4.69, 9.17) is 0 Å². The van der Waals surface area contributed by atoms with Crippen molar-refractivity contribution < 1.29 is 15.3 Å². The molecule has 0 saturated heterocycles. The minimum Gasteiger partial charge on any atom is -0.507 e. The van der Waals surface area contributed by atoms with Gasteiger partial charge in [0.2, 0.25) is 0 Å². The van der Waals surface area contributed by atoms with Gasteiger partial charge >= 0.3 is 0 Å². The summed E-state index contributed by atoms with van der Waals surface area (Å²) < 4.78 is 0.677. The molecular formula is C13H19IO3. The fourth-order valence-corrected chi connectivity index (χ4v) is 2.33. The number of phenolic OH excluding ortho intramolecular Hbond substituents is 2. The van der Waals surface area contributed by atoms with Crippen LogP contribution in [0.2, 0.25) is 0 Å². The minimum atomic E-state index is -0.773. The highest BCUT2D eigenvalue weighted by Gasteiger charge is 2.20. The molecule has 0 unspecified atom stereocenters. The van der Waals surface area contributed by atoms with Gasteiger partial charge in [0.15, 0.2) is 0 Å². The van der Waals surface area contributed by atoms with Crippen molar-refractivity contribution in [1.82, 2.24) is 0 Å². The Kier molecular flexibility index (Phi) is 4.30. The fraction of sp³-hybridized carbons (Fsp3) is 0.538. The summed E-state index contributed by atoms with van der Waals surface area (Å²) in [5, 5.41) is 29.7. The number of benzene rings is 1. The molecule has 1 aromatic rings. The number of hydrogen-bond donors (Lipinski definition) is 3. The molecule has 0 aliphatic heterocycles.